The lowest BCUT2D eigenvalue weighted by Gasteiger charge is -2.29. The summed E-state index contributed by atoms with van der Waals surface area (Å²) >= 11 is 0. The molecular formula is C17H19N3O4. The first-order valence-corrected chi connectivity index (χ1v) is 7.75. The van der Waals surface area contributed by atoms with E-state index in [2.05, 4.69) is 10.5 Å². The summed E-state index contributed by atoms with van der Waals surface area (Å²) in [7, 11) is 1.50. The van der Waals surface area contributed by atoms with Crippen molar-refractivity contribution < 1.29 is 18.8 Å². The molecule has 3 rings (SSSR count). The van der Waals surface area contributed by atoms with E-state index in [1.54, 1.807) is 11.8 Å². The van der Waals surface area contributed by atoms with E-state index < -0.39 is 0 Å². The zero-order valence-corrected chi connectivity index (χ0v) is 13.7. The fraction of sp³-hybridized carbons (Fsp3) is 0.353. The number of carbonyl (C=O) groups is 2. The van der Waals surface area contributed by atoms with E-state index in [0.29, 0.717) is 23.6 Å². The van der Waals surface area contributed by atoms with Gasteiger partial charge in [-0.3, -0.25) is 9.59 Å². The van der Waals surface area contributed by atoms with E-state index in [-0.39, 0.29) is 18.4 Å². The van der Waals surface area contributed by atoms with Crippen LogP contribution in [-0.2, 0) is 16.0 Å². The van der Waals surface area contributed by atoms with Crippen molar-refractivity contribution >= 4 is 23.2 Å². The molecule has 0 radical (unpaired) electrons. The van der Waals surface area contributed by atoms with Gasteiger partial charge in [0, 0.05) is 25.0 Å². The summed E-state index contributed by atoms with van der Waals surface area (Å²) in [6.07, 6.45) is 3.20. The van der Waals surface area contributed by atoms with Gasteiger partial charge in [0.2, 0.25) is 0 Å². The Balaban J connectivity index is 1.84. The molecule has 7 nitrogen and oxygen atoms in total. The quantitative estimate of drug-likeness (QED) is 0.929. The molecule has 1 aromatic carbocycles. The number of nitrogens with one attached hydrogen (secondary N) is 1. The van der Waals surface area contributed by atoms with Gasteiger partial charge in [0.25, 0.3) is 11.8 Å². The van der Waals surface area contributed by atoms with Crippen molar-refractivity contribution in [2.75, 3.05) is 30.5 Å². The maximum absolute atomic E-state index is 12.3. The minimum atomic E-state index is -0.292. The second-order valence-corrected chi connectivity index (χ2v) is 5.68. The van der Waals surface area contributed by atoms with Crippen LogP contribution in [0.4, 0.5) is 11.4 Å². The van der Waals surface area contributed by atoms with Crippen molar-refractivity contribution in [3.8, 4) is 0 Å². The Bertz CT molecular complexity index is 769. The van der Waals surface area contributed by atoms with Gasteiger partial charge < -0.3 is 19.5 Å². The topological polar surface area (TPSA) is 84.7 Å². The summed E-state index contributed by atoms with van der Waals surface area (Å²) in [6, 6.07) is 5.60. The summed E-state index contributed by atoms with van der Waals surface area (Å²) in [5, 5.41) is 6.43. The Kier molecular flexibility index (Phi) is 4.61. The molecule has 1 aliphatic heterocycles. The Labute approximate surface area is 139 Å². The Hall–Kier alpha value is -2.67. The van der Waals surface area contributed by atoms with Crippen molar-refractivity contribution in [2.24, 2.45) is 0 Å². The fourth-order valence-corrected chi connectivity index (χ4v) is 2.83. The highest BCUT2D eigenvalue weighted by atomic mass is 16.5. The van der Waals surface area contributed by atoms with Crippen LogP contribution in [0.1, 0.15) is 28.1 Å². The van der Waals surface area contributed by atoms with E-state index in [0.717, 1.165) is 24.1 Å². The normalized spacial score (nSPS) is 13.5. The number of fused-ring (bicyclic) bond motifs is 1. The first kappa shape index (κ1) is 16.2. The summed E-state index contributed by atoms with van der Waals surface area (Å²) in [6.45, 7) is 2.37. The van der Waals surface area contributed by atoms with Crippen LogP contribution in [0.5, 0.6) is 0 Å². The number of rotatable bonds is 4. The number of ether oxygens (including phenoxy) is 1. The van der Waals surface area contributed by atoms with Gasteiger partial charge in [0.1, 0.15) is 17.9 Å². The van der Waals surface area contributed by atoms with Gasteiger partial charge >= 0.3 is 0 Å². The van der Waals surface area contributed by atoms with Crippen LogP contribution >= 0.6 is 0 Å². The molecule has 0 unspecified atom stereocenters. The van der Waals surface area contributed by atoms with E-state index in [1.807, 2.05) is 18.2 Å². The molecule has 2 heterocycles. The lowest BCUT2D eigenvalue weighted by Crippen LogP contribution is -2.37. The average Bonchev–Trinajstić information content (AvgIpc) is 3.00. The zero-order valence-electron chi connectivity index (χ0n) is 13.7. The van der Waals surface area contributed by atoms with Crippen molar-refractivity contribution in [2.45, 2.75) is 19.8 Å². The number of methoxy groups -OCH3 is 1. The largest absolute Gasteiger partial charge is 0.375 e. The van der Waals surface area contributed by atoms with E-state index in [1.165, 1.54) is 13.3 Å². The molecule has 1 N–H and O–H groups in total. The van der Waals surface area contributed by atoms with Crippen molar-refractivity contribution in [3.05, 3.63) is 41.3 Å². The molecule has 7 heteroatoms. The standard InChI is InChI=1S/C17H19N3O4/c1-11-14(9-18-24-11)17(22)19-13-6-5-12-4-3-7-20(15(12)8-13)16(21)10-23-2/h5-6,8-9H,3-4,7,10H2,1-2H3,(H,19,22). The van der Waals surface area contributed by atoms with Crippen LogP contribution in [-0.4, -0.2) is 37.2 Å². The third kappa shape index (κ3) is 3.16. The SMILES string of the molecule is COCC(=O)N1CCCc2ccc(NC(=O)c3cnoc3C)cc21. The Morgan fingerprint density at radius 3 is 2.96 bits per heavy atom. The van der Waals surface area contributed by atoms with Crippen LogP contribution in [0.3, 0.4) is 0 Å². The third-order valence-electron chi connectivity index (χ3n) is 4.03. The van der Waals surface area contributed by atoms with Gasteiger partial charge in [-0.1, -0.05) is 11.2 Å². The number of anilines is 2. The van der Waals surface area contributed by atoms with Crippen molar-refractivity contribution in [1.82, 2.24) is 5.16 Å². The number of carbonyl (C=O) groups excluding carboxylic acids is 2. The molecule has 126 valence electrons. The molecule has 24 heavy (non-hydrogen) atoms. The van der Waals surface area contributed by atoms with Crippen molar-refractivity contribution in [3.63, 3.8) is 0 Å². The highest BCUT2D eigenvalue weighted by Crippen LogP contribution is 2.30. The summed E-state index contributed by atoms with van der Waals surface area (Å²) in [4.78, 5) is 26.2. The predicted molar refractivity (Wildman–Crippen MR) is 88.2 cm³/mol. The monoisotopic (exact) mass is 329 g/mol. The Morgan fingerprint density at radius 1 is 1.42 bits per heavy atom. The van der Waals surface area contributed by atoms with Gasteiger partial charge in [-0.15, -0.1) is 0 Å². The van der Waals surface area contributed by atoms with E-state index in [4.69, 9.17) is 9.26 Å². The van der Waals surface area contributed by atoms with Crippen LogP contribution in [0.25, 0.3) is 0 Å². The molecule has 0 bridgehead atoms. The van der Waals surface area contributed by atoms with Gasteiger partial charge in [-0.25, -0.2) is 0 Å². The minimum absolute atomic E-state index is 0.0376. The summed E-state index contributed by atoms with van der Waals surface area (Å²) in [5.74, 6) is 0.0819. The second kappa shape index (κ2) is 6.84. The average molecular weight is 329 g/mol. The number of amides is 2. The highest BCUT2D eigenvalue weighted by Gasteiger charge is 2.23. The maximum atomic E-state index is 12.3. The smallest absolute Gasteiger partial charge is 0.260 e. The number of nitrogens with zero attached hydrogens (tertiary/aromatic N) is 2. The molecule has 1 aliphatic rings. The van der Waals surface area contributed by atoms with Crippen LogP contribution < -0.4 is 10.2 Å². The molecule has 2 aromatic rings. The van der Waals surface area contributed by atoms with Gasteiger partial charge in [-0.05, 0) is 37.5 Å². The lowest BCUT2D eigenvalue weighted by molar-refractivity contribution is -0.122. The number of aromatic nitrogens is 1. The molecule has 1 aromatic heterocycles. The summed E-state index contributed by atoms with van der Waals surface area (Å²) in [5.41, 5.74) is 2.92. The molecule has 0 fully saturated rings. The van der Waals surface area contributed by atoms with Crippen LogP contribution in [0.2, 0.25) is 0 Å². The van der Waals surface area contributed by atoms with E-state index in [9.17, 15) is 9.59 Å². The van der Waals surface area contributed by atoms with Gasteiger partial charge in [-0.2, -0.15) is 0 Å². The molecule has 0 spiro atoms. The molecule has 2 amide bonds. The minimum Gasteiger partial charge on any atom is -0.375 e. The zero-order chi connectivity index (χ0) is 17.1. The van der Waals surface area contributed by atoms with Gasteiger partial charge in [0.15, 0.2) is 0 Å². The second-order valence-electron chi connectivity index (χ2n) is 5.68. The fourth-order valence-electron chi connectivity index (χ4n) is 2.83. The molecular weight excluding hydrogens is 310 g/mol. The predicted octanol–water partition coefficient (Wildman–Crippen LogP) is 2.16. The van der Waals surface area contributed by atoms with Crippen LogP contribution in [0.15, 0.2) is 28.9 Å². The van der Waals surface area contributed by atoms with Gasteiger partial charge in [0.05, 0.1) is 6.20 Å². The number of benzene rings is 1. The molecule has 0 aliphatic carbocycles. The number of aryl methyl sites for hydroxylation is 2. The highest BCUT2D eigenvalue weighted by molar-refractivity contribution is 6.05. The third-order valence-corrected chi connectivity index (χ3v) is 4.03. The number of hydrogen-bond acceptors (Lipinski definition) is 5. The Morgan fingerprint density at radius 2 is 2.25 bits per heavy atom. The van der Waals surface area contributed by atoms with Crippen molar-refractivity contribution in [1.29, 1.82) is 0 Å². The summed E-state index contributed by atoms with van der Waals surface area (Å²) < 4.78 is 9.86. The first-order valence-electron chi connectivity index (χ1n) is 7.75. The molecule has 0 saturated heterocycles. The first-order chi connectivity index (χ1) is 11.6. The maximum Gasteiger partial charge on any atom is 0.260 e. The number of hydrogen-bond donors (Lipinski definition) is 1. The molecule has 0 atom stereocenters. The van der Waals surface area contributed by atoms with E-state index >= 15 is 0 Å². The lowest BCUT2D eigenvalue weighted by atomic mass is 10.0. The van der Waals surface area contributed by atoms with Crippen LogP contribution in [0, 0.1) is 6.92 Å². The molecule has 0 saturated carbocycles.